The monoisotopic (exact) mass is 280 g/mol. The van der Waals surface area contributed by atoms with Crippen LogP contribution in [0.15, 0.2) is 0 Å². The summed E-state index contributed by atoms with van der Waals surface area (Å²) in [6.45, 7) is 2.25. The molecule has 0 aliphatic carbocycles. The number of ether oxygens (including phenoxy) is 1. The number of hydrogen-bond donors (Lipinski definition) is 1. The van der Waals surface area contributed by atoms with Crippen LogP contribution in [0.1, 0.15) is 6.92 Å². The Labute approximate surface area is 106 Å². The molecule has 17 heavy (non-hydrogen) atoms. The highest BCUT2D eigenvalue weighted by atomic mass is 32.2. The van der Waals surface area contributed by atoms with E-state index in [0.29, 0.717) is 6.54 Å². The van der Waals surface area contributed by atoms with E-state index in [9.17, 15) is 13.2 Å². The maximum absolute atomic E-state index is 11.9. The van der Waals surface area contributed by atoms with Crippen molar-refractivity contribution in [3.63, 3.8) is 0 Å². The van der Waals surface area contributed by atoms with Gasteiger partial charge < -0.3 is 10.5 Å². The zero-order valence-electron chi connectivity index (χ0n) is 9.75. The van der Waals surface area contributed by atoms with Crippen LogP contribution in [0, 0.1) is 11.8 Å². The van der Waals surface area contributed by atoms with Gasteiger partial charge in [-0.05, 0) is 5.92 Å². The molecule has 2 atom stereocenters. The van der Waals surface area contributed by atoms with Gasteiger partial charge in [0.25, 0.3) is 0 Å². The molecule has 1 rings (SSSR count). The van der Waals surface area contributed by atoms with Gasteiger partial charge >= 0.3 is 5.97 Å². The van der Waals surface area contributed by atoms with Crippen molar-refractivity contribution in [3.05, 3.63) is 0 Å². The fourth-order valence-electron chi connectivity index (χ4n) is 1.88. The molecule has 1 heterocycles. The smallest absolute Gasteiger partial charge is 0.310 e. The number of hydrogen-bond acceptors (Lipinski definition) is 5. The Morgan fingerprint density at radius 3 is 2.59 bits per heavy atom. The van der Waals surface area contributed by atoms with E-state index in [4.69, 9.17) is 5.73 Å². The maximum Gasteiger partial charge on any atom is 0.310 e. The number of nitrogens with zero attached hydrogens (tertiary/aromatic N) is 1. The standard InChI is InChI=1S/C9H16N2O4S2/c1-6-3-11(4-7(6)9(12)15-2)17(13,14)5-8(10)16/h6-7H,3-5H2,1-2H3,(H2,10,16). The third-order valence-corrected chi connectivity index (χ3v) is 4.89. The quantitative estimate of drug-likeness (QED) is 0.543. The second-order valence-electron chi connectivity index (χ2n) is 4.15. The number of carbonyl (C=O) groups excluding carboxylic acids is 1. The molecular weight excluding hydrogens is 264 g/mol. The molecule has 6 nitrogen and oxygen atoms in total. The zero-order chi connectivity index (χ0) is 13.2. The molecule has 2 unspecified atom stereocenters. The van der Waals surface area contributed by atoms with Gasteiger partial charge in [0.15, 0.2) is 0 Å². The number of sulfonamides is 1. The Morgan fingerprint density at radius 1 is 1.53 bits per heavy atom. The van der Waals surface area contributed by atoms with Crippen LogP contribution in [0.5, 0.6) is 0 Å². The summed E-state index contributed by atoms with van der Waals surface area (Å²) in [5.74, 6) is -1.22. The lowest BCUT2D eigenvalue weighted by molar-refractivity contribution is -0.145. The Kier molecular flexibility index (Phi) is 4.45. The average Bonchev–Trinajstić information content (AvgIpc) is 2.58. The molecule has 1 aliphatic heterocycles. The molecular formula is C9H16N2O4S2. The van der Waals surface area contributed by atoms with Crippen molar-refractivity contribution >= 4 is 33.2 Å². The van der Waals surface area contributed by atoms with E-state index in [1.807, 2.05) is 6.92 Å². The van der Waals surface area contributed by atoms with Gasteiger partial charge in [-0.2, -0.15) is 0 Å². The van der Waals surface area contributed by atoms with Gasteiger partial charge in [0.2, 0.25) is 10.0 Å². The molecule has 0 aromatic carbocycles. The minimum absolute atomic E-state index is 0.0661. The molecule has 0 spiro atoms. The van der Waals surface area contributed by atoms with Crippen LogP contribution in [-0.2, 0) is 19.6 Å². The van der Waals surface area contributed by atoms with Crippen molar-refractivity contribution in [2.45, 2.75) is 6.92 Å². The van der Waals surface area contributed by atoms with E-state index in [2.05, 4.69) is 17.0 Å². The first-order chi connectivity index (χ1) is 7.77. The number of thiocarbonyl (C=S) groups is 1. The fraction of sp³-hybridized carbons (Fsp3) is 0.778. The fourth-order valence-corrected chi connectivity index (χ4v) is 3.72. The molecule has 1 fully saturated rings. The summed E-state index contributed by atoms with van der Waals surface area (Å²) >= 11 is 4.59. The lowest BCUT2D eigenvalue weighted by Gasteiger charge is -2.15. The summed E-state index contributed by atoms with van der Waals surface area (Å²) in [5, 5.41) is 0. The summed E-state index contributed by atoms with van der Waals surface area (Å²) in [5.41, 5.74) is 5.24. The lowest BCUT2D eigenvalue weighted by atomic mass is 9.99. The Balaban J connectivity index is 2.78. The van der Waals surface area contributed by atoms with E-state index >= 15 is 0 Å². The first-order valence-corrected chi connectivity index (χ1v) is 7.13. The van der Waals surface area contributed by atoms with Crippen molar-refractivity contribution in [3.8, 4) is 0 Å². The van der Waals surface area contributed by atoms with E-state index in [0.717, 1.165) is 0 Å². The molecule has 8 heteroatoms. The number of carbonyl (C=O) groups is 1. The molecule has 1 aliphatic rings. The van der Waals surface area contributed by atoms with Crippen LogP contribution in [0.3, 0.4) is 0 Å². The van der Waals surface area contributed by atoms with E-state index in [1.54, 1.807) is 0 Å². The molecule has 0 aromatic heterocycles. The SMILES string of the molecule is COC(=O)C1CN(S(=O)(=O)CC(N)=S)CC1C. The molecule has 1 saturated heterocycles. The van der Waals surface area contributed by atoms with E-state index < -0.39 is 15.9 Å². The minimum Gasteiger partial charge on any atom is -0.469 e. The van der Waals surface area contributed by atoms with Crippen molar-refractivity contribution in [2.75, 3.05) is 26.0 Å². The third kappa shape index (κ3) is 3.36. The number of rotatable bonds is 4. The Bertz CT molecular complexity index is 421. The highest BCUT2D eigenvalue weighted by Crippen LogP contribution is 2.26. The van der Waals surface area contributed by atoms with Crippen molar-refractivity contribution in [1.29, 1.82) is 0 Å². The maximum atomic E-state index is 11.9. The van der Waals surface area contributed by atoms with Crippen molar-refractivity contribution in [1.82, 2.24) is 4.31 Å². The van der Waals surface area contributed by atoms with Gasteiger partial charge in [-0.3, -0.25) is 4.79 Å². The normalized spacial score (nSPS) is 25.8. The number of nitrogens with two attached hydrogens (primary N) is 1. The number of methoxy groups -OCH3 is 1. The second kappa shape index (κ2) is 5.28. The highest BCUT2D eigenvalue weighted by molar-refractivity contribution is 7.92. The molecule has 2 N–H and O–H groups in total. The van der Waals surface area contributed by atoms with Crippen LogP contribution in [0.2, 0.25) is 0 Å². The molecule has 98 valence electrons. The van der Waals surface area contributed by atoms with E-state index in [1.165, 1.54) is 11.4 Å². The molecule has 0 bridgehead atoms. The molecule has 0 amide bonds. The van der Waals surface area contributed by atoms with Gasteiger partial charge in [-0.15, -0.1) is 0 Å². The second-order valence-corrected chi connectivity index (χ2v) is 6.64. The summed E-state index contributed by atoms with van der Waals surface area (Å²) in [7, 11) is -2.21. The minimum atomic E-state index is -3.51. The first-order valence-electron chi connectivity index (χ1n) is 5.12. The Hall–Kier alpha value is -0.730. The molecule has 0 radical (unpaired) electrons. The summed E-state index contributed by atoms with van der Waals surface area (Å²) in [4.78, 5) is 11.4. The number of esters is 1. The first kappa shape index (κ1) is 14.3. The van der Waals surface area contributed by atoms with Crippen LogP contribution >= 0.6 is 12.2 Å². The van der Waals surface area contributed by atoms with Crippen LogP contribution in [0.4, 0.5) is 0 Å². The van der Waals surface area contributed by atoms with Gasteiger partial charge in [-0.1, -0.05) is 19.1 Å². The zero-order valence-corrected chi connectivity index (χ0v) is 11.4. The Morgan fingerprint density at radius 2 is 2.12 bits per heavy atom. The lowest BCUT2D eigenvalue weighted by Crippen LogP contribution is -2.36. The summed E-state index contributed by atoms with van der Waals surface area (Å²) in [6, 6.07) is 0. The van der Waals surface area contributed by atoms with Crippen LogP contribution in [-0.4, -0.2) is 49.6 Å². The highest BCUT2D eigenvalue weighted by Gasteiger charge is 2.40. The predicted molar refractivity (Wildman–Crippen MR) is 66.8 cm³/mol. The van der Waals surface area contributed by atoms with Gasteiger partial charge in [0.1, 0.15) is 5.75 Å². The van der Waals surface area contributed by atoms with Gasteiger partial charge in [0.05, 0.1) is 18.0 Å². The summed E-state index contributed by atoms with van der Waals surface area (Å²) < 4.78 is 29.6. The largest absolute Gasteiger partial charge is 0.469 e. The topological polar surface area (TPSA) is 89.7 Å². The van der Waals surface area contributed by atoms with Crippen LogP contribution in [0.25, 0.3) is 0 Å². The van der Waals surface area contributed by atoms with Crippen LogP contribution < -0.4 is 5.73 Å². The molecule has 0 saturated carbocycles. The summed E-state index contributed by atoms with van der Waals surface area (Å²) in [6.07, 6.45) is 0. The average molecular weight is 280 g/mol. The predicted octanol–water partition coefficient (Wildman–Crippen LogP) is -0.657. The third-order valence-electron chi connectivity index (χ3n) is 2.80. The van der Waals surface area contributed by atoms with E-state index in [-0.39, 0.29) is 29.2 Å². The van der Waals surface area contributed by atoms with Gasteiger partial charge in [-0.25, -0.2) is 12.7 Å². The van der Waals surface area contributed by atoms with Crippen molar-refractivity contribution in [2.24, 2.45) is 17.6 Å². The van der Waals surface area contributed by atoms with Gasteiger partial charge in [0, 0.05) is 13.1 Å². The molecule has 0 aromatic rings. The van der Waals surface area contributed by atoms with Crippen molar-refractivity contribution < 1.29 is 17.9 Å².